The molecule has 0 saturated carbocycles. The van der Waals surface area contributed by atoms with Gasteiger partial charge in [-0.25, -0.2) is 9.97 Å². The number of hydrogen-bond acceptors (Lipinski definition) is 2. The van der Waals surface area contributed by atoms with E-state index in [1.54, 1.807) is 0 Å². The first kappa shape index (κ1) is 8.45. The van der Waals surface area contributed by atoms with Crippen LogP contribution in [0.2, 0.25) is 5.15 Å². The highest BCUT2D eigenvalue weighted by atomic mass is 35.5. The fraction of sp³-hybridized carbons (Fsp3) is 0.200. The number of nitrogens with zero attached hydrogens (tertiary/aromatic N) is 2. The third-order valence-corrected chi connectivity index (χ3v) is 2.57. The number of halogens is 1. The standard InChI is InChI=1S/C10H9ClN2/c1-6-3-4-8-9(7(6)2)10(11)13-5-12-8/h3-5H,1-2H3. The van der Waals surface area contributed by atoms with E-state index in [1.807, 2.05) is 19.1 Å². The van der Waals surface area contributed by atoms with Crippen molar-refractivity contribution in [3.05, 3.63) is 34.7 Å². The average molecular weight is 193 g/mol. The highest BCUT2D eigenvalue weighted by Crippen LogP contribution is 2.24. The summed E-state index contributed by atoms with van der Waals surface area (Å²) in [5.41, 5.74) is 3.27. The van der Waals surface area contributed by atoms with Crippen molar-refractivity contribution in [2.24, 2.45) is 0 Å². The van der Waals surface area contributed by atoms with Crippen LogP contribution in [0.1, 0.15) is 11.1 Å². The monoisotopic (exact) mass is 192 g/mol. The van der Waals surface area contributed by atoms with E-state index in [0.29, 0.717) is 5.15 Å². The number of rotatable bonds is 0. The molecule has 0 fully saturated rings. The number of hydrogen-bond donors (Lipinski definition) is 0. The van der Waals surface area contributed by atoms with Gasteiger partial charge in [-0.3, -0.25) is 0 Å². The highest BCUT2D eigenvalue weighted by molar-refractivity contribution is 6.34. The zero-order chi connectivity index (χ0) is 9.42. The van der Waals surface area contributed by atoms with E-state index >= 15 is 0 Å². The van der Waals surface area contributed by atoms with Gasteiger partial charge in [0, 0.05) is 5.39 Å². The van der Waals surface area contributed by atoms with Crippen molar-refractivity contribution in [1.82, 2.24) is 9.97 Å². The zero-order valence-corrected chi connectivity index (χ0v) is 8.26. The summed E-state index contributed by atoms with van der Waals surface area (Å²) in [5, 5.41) is 1.50. The Morgan fingerprint density at radius 3 is 2.69 bits per heavy atom. The van der Waals surface area contributed by atoms with E-state index in [0.717, 1.165) is 16.5 Å². The van der Waals surface area contributed by atoms with Crippen LogP contribution in [-0.4, -0.2) is 9.97 Å². The minimum Gasteiger partial charge on any atom is -0.236 e. The molecule has 66 valence electrons. The van der Waals surface area contributed by atoms with E-state index in [9.17, 15) is 0 Å². The van der Waals surface area contributed by atoms with Crippen LogP contribution >= 0.6 is 11.6 Å². The Labute approximate surface area is 81.6 Å². The summed E-state index contributed by atoms with van der Waals surface area (Å²) < 4.78 is 0. The molecule has 0 bridgehead atoms. The molecule has 0 saturated heterocycles. The summed E-state index contributed by atoms with van der Waals surface area (Å²) in [4.78, 5) is 8.11. The molecule has 1 aromatic heterocycles. The van der Waals surface area contributed by atoms with Gasteiger partial charge in [0.05, 0.1) is 5.52 Å². The lowest BCUT2D eigenvalue weighted by atomic mass is 10.1. The molecular weight excluding hydrogens is 184 g/mol. The largest absolute Gasteiger partial charge is 0.236 e. The first-order valence-electron chi connectivity index (χ1n) is 4.06. The molecule has 0 N–H and O–H groups in total. The summed E-state index contributed by atoms with van der Waals surface area (Å²) in [7, 11) is 0. The van der Waals surface area contributed by atoms with Gasteiger partial charge in [-0.15, -0.1) is 0 Å². The van der Waals surface area contributed by atoms with Crippen LogP contribution in [0.25, 0.3) is 10.9 Å². The summed E-state index contributed by atoms with van der Waals surface area (Å²) in [6, 6.07) is 4.01. The van der Waals surface area contributed by atoms with Crippen molar-refractivity contribution >= 4 is 22.5 Å². The molecule has 1 heterocycles. The normalized spacial score (nSPS) is 10.7. The quantitative estimate of drug-likeness (QED) is 0.600. The van der Waals surface area contributed by atoms with Gasteiger partial charge in [0.1, 0.15) is 11.5 Å². The maximum absolute atomic E-state index is 5.98. The van der Waals surface area contributed by atoms with Crippen molar-refractivity contribution in [1.29, 1.82) is 0 Å². The number of aromatic nitrogens is 2. The van der Waals surface area contributed by atoms with Crippen molar-refractivity contribution in [2.75, 3.05) is 0 Å². The SMILES string of the molecule is Cc1ccc2ncnc(Cl)c2c1C. The minimum atomic E-state index is 0.534. The van der Waals surface area contributed by atoms with E-state index in [4.69, 9.17) is 11.6 Å². The molecule has 0 aliphatic heterocycles. The molecule has 0 spiro atoms. The molecular formula is C10H9ClN2. The first-order chi connectivity index (χ1) is 6.20. The fourth-order valence-corrected chi connectivity index (χ4v) is 1.66. The molecule has 0 unspecified atom stereocenters. The Kier molecular flexibility index (Phi) is 1.93. The van der Waals surface area contributed by atoms with Crippen molar-refractivity contribution < 1.29 is 0 Å². The van der Waals surface area contributed by atoms with Gasteiger partial charge in [0.25, 0.3) is 0 Å². The second kappa shape index (κ2) is 2.96. The van der Waals surface area contributed by atoms with Gasteiger partial charge in [-0.05, 0) is 31.0 Å². The van der Waals surface area contributed by atoms with Crippen LogP contribution in [0.15, 0.2) is 18.5 Å². The van der Waals surface area contributed by atoms with Crippen molar-refractivity contribution in [3.63, 3.8) is 0 Å². The van der Waals surface area contributed by atoms with Crippen LogP contribution in [0, 0.1) is 13.8 Å². The molecule has 1 aromatic carbocycles. The third-order valence-electron chi connectivity index (χ3n) is 2.29. The number of fused-ring (bicyclic) bond motifs is 1. The Morgan fingerprint density at radius 2 is 1.92 bits per heavy atom. The van der Waals surface area contributed by atoms with Crippen LogP contribution in [0.5, 0.6) is 0 Å². The second-order valence-electron chi connectivity index (χ2n) is 3.07. The molecule has 0 amide bonds. The molecule has 3 heteroatoms. The molecule has 0 aliphatic carbocycles. The van der Waals surface area contributed by atoms with Crippen molar-refractivity contribution in [3.8, 4) is 0 Å². The van der Waals surface area contributed by atoms with Crippen LogP contribution in [-0.2, 0) is 0 Å². The molecule has 2 rings (SSSR count). The zero-order valence-electron chi connectivity index (χ0n) is 7.50. The summed E-state index contributed by atoms with van der Waals surface area (Å²) in [5.74, 6) is 0. The predicted octanol–water partition coefficient (Wildman–Crippen LogP) is 2.90. The summed E-state index contributed by atoms with van der Waals surface area (Å²) >= 11 is 5.98. The van der Waals surface area contributed by atoms with Gasteiger partial charge < -0.3 is 0 Å². The minimum absolute atomic E-state index is 0.534. The third kappa shape index (κ3) is 1.27. The van der Waals surface area contributed by atoms with Crippen LogP contribution < -0.4 is 0 Å². The summed E-state index contributed by atoms with van der Waals surface area (Å²) in [6.45, 7) is 4.09. The van der Waals surface area contributed by atoms with Gasteiger partial charge in [-0.2, -0.15) is 0 Å². The van der Waals surface area contributed by atoms with E-state index in [1.165, 1.54) is 11.9 Å². The summed E-state index contributed by atoms with van der Waals surface area (Å²) in [6.07, 6.45) is 1.49. The van der Waals surface area contributed by atoms with E-state index in [2.05, 4.69) is 16.9 Å². The van der Waals surface area contributed by atoms with Gasteiger partial charge in [0.15, 0.2) is 0 Å². The Hall–Kier alpha value is -1.15. The molecule has 0 aliphatic rings. The Morgan fingerprint density at radius 1 is 1.15 bits per heavy atom. The topological polar surface area (TPSA) is 25.8 Å². The fourth-order valence-electron chi connectivity index (χ4n) is 1.38. The maximum Gasteiger partial charge on any atom is 0.140 e. The number of aryl methyl sites for hydroxylation is 2. The molecule has 2 aromatic rings. The molecule has 0 atom stereocenters. The molecule has 13 heavy (non-hydrogen) atoms. The second-order valence-corrected chi connectivity index (χ2v) is 3.42. The van der Waals surface area contributed by atoms with E-state index in [-0.39, 0.29) is 0 Å². The predicted molar refractivity (Wildman–Crippen MR) is 54.0 cm³/mol. The van der Waals surface area contributed by atoms with Crippen LogP contribution in [0.4, 0.5) is 0 Å². The Bertz CT molecular complexity index is 466. The van der Waals surface area contributed by atoms with Gasteiger partial charge >= 0.3 is 0 Å². The van der Waals surface area contributed by atoms with E-state index < -0.39 is 0 Å². The van der Waals surface area contributed by atoms with Crippen molar-refractivity contribution in [2.45, 2.75) is 13.8 Å². The average Bonchev–Trinajstić information content (AvgIpc) is 2.12. The highest BCUT2D eigenvalue weighted by Gasteiger charge is 2.05. The number of benzene rings is 1. The smallest absolute Gasteiger partial charge is 0.140 e. The first-order valence-corrected chi connectivity index (χ1v) is 4.44. The Balaban J connectivity index is 2.97. The lowest BCUT2D eigenvalue weighted by Crippen LogP contribution is -1.89. The van der Waals surface area contributed by atoms with Gasteiger partial charge in [-0.1, -0.05) is 17.7 Å². The molecule has 2 nitrogen and oxygen atoms in total. The lowest BCUT2D eigenvalue weighted by Gasteiger charge is -2.04. The maximum atomic E-state index is 5.98. The molecule has 0 radical (unpaired) electrons. The van der Waals surface area contributed by atoms with Gasteiger partial charge in [0.2, 0.25) is 0 Å². The van der Waals surface area contributed by atoms with Crippen LogP contribution in [0.3, 0.4) is 0 Å². The lowest BCUT2D eigenvalue weighted by molar-refractivity contribution is 1.21.